The Labute approximate surface area is 122 Å². The molecule has 0 aliphatic carbocycles. The fraction of sp³-hybridized carbons (Fsp3) is 0.188. The van der Waals surface area contributed by atoms with Crippen molar-refractivity contribution < 1.29 is 4.74 Å². The van der Waals surface area contributed by atoms with Crippen LogP contribution in [0.5, 0.6) is 5.75 Å². The smallest absolute Gasteiger partial charge is 0.119 e. The Kier molecular flexibility index (Phi) is 3.95. The molecule has 1 aromatic heterocycles. The van der Waals surface area contributed by atoms with Gasteiger partial charge in [-0.05, 0) is 29.8 Å². The number of nitrogens with one attached hydrogen (secondary N) is 1. The number of fused-ring (bicyclic) bond motifs is 1. The zero-order chi connectivity index (χ0) is 13.8. The third-order valence-corrected chi connectivity index (χ3v) is 4.11. The lowest BCUT2D eigenvalue weighted by molar-refractivity contribution is 0.414. The number of hydrogen-bond acceptors (Lipinski definition) is 4. The molecule has 0 spiro atoms. The van der Waals surface area contributed by atoms with Crippen LogP contribution < -0.4 is 10.1 Å². The highest BCUT2D eigenvalue weighted by Gasteiger charge is 2.02. The van der Waals surface area contributed by atoms with Gasteiger partial charge in [0.2, 0.25) is 0 Å². The third kappa shape index (κ3) is 2.98. The van der Waals surface area contributed by atoms with E-state index in [2.05, 4.69) is 28.5 Å². The summed E-state index contributed by atoms with van der Waals surface area (Å²) in [5.74, 6) is 0.893. The fourth-order valence-corrected chi connectivity index (χ4v) is 3.03. The van der Waals surface area contributed by atoms with Crippen molar-refractivity contribution in [2.75, 3.05) is 7.11 Å². The van der Waals surface area contributed by atoms with Gasteiger partial charge in [0.05, 0.1) is 17.3 Å². The number of aromatic nitrogens is 1. The van der Waals surface area contributed by atoms with Gasteiger partial charge in [0.1, 0.15) is 10.8 Å². The van der Waals surface area contributed by atoms with Gasteiger partial charge < -0.3 is 10.1 Å². The molecule has 0 saturated heterocycles. The molecule has 20 heavy (non-hydrogen) atoms. The van der Waals surface area contributed by atoms with Crippen LogP contribution in [0.1, 0.15) is 10.6 Å². The van der Waals surface area contributed by atoms with Crippen molar-refractivity contribution in [3.63, 3.8) is 0 Å². The SMILES string of the molecule is COc1cccc(CNCc2nc3ccccc3s2)c1. The second-order valence-corrected chi connectivity index (χ2v) is 5.65. The Morgan fingerprint density at radius 2 is 2.00 bits per heavy atom. The molecule has 3 rings (SSSR count). The Hall–Kier alpha value is -1.91. The summed E-state index contributed by atoms with van der Waals surface area (Å²) < 4.78 is 6.46. The van der Waals surface area contributed by atoms with Crippen molar-refractivity contribution in [3.8, 4) is 5.75 Å². The van der Waals surface area contributed by atoms with E-state index in [0.717, 1.165) is 29.4 Å². The Bertz CT molecular complexity index is 675. The van der Waals surface area contributed by atoms with E-state index in [1.165, 1.54) is 10.3 Å². The van der Waals surface area contributed by atoms with Gasteiger partial charge in [-0.2, -0.15) is 0 Å². The van der Waals surface area contributed by atoms with E-state index in [1.54, 1.807) is 18.4 Å². The zero-order valence-corrected chi connectivity index (χ0v) is 12.1. The van der Waals surface area contributed by atoms with Crippen molar-refractivity contribution in [2.45, 2.75) is 13.1 Å². The summed E-state index contributed by atoms with van der Waals surface area (Å²) in [5.41, 5.74) is 2.29. The first-order valence-corrected chi connectivity index (χ1v) is 7.35. The Morgan fingerprint density at radius 1 is 1.10 bits per heavy atom. The molecule has 2 aromatic carbocycles. The number of para-hydroxylation sites is 1. The summed E-state index contributed by atoms with van der Waals surface area (Å²) in [6.45, 7) is 1.60. The number of methoxy groups -OCH3 is 1. The number of benzene rings is 2. The predicted octanol–water partition coefficient (Wildman–Crippen LogP) is 3.59. The van der Waals surface area contributed by atoms with E-state index >= 15 is 0 Å². The van der Waals surface area contributed by atoms with Gasteiger partial charge in [0, 0.05) is 13.1 Å². The summed E-state index contributed by atoms with van der Waals surface area (Å²) in [5, 5.41) is 4.54. The molecule has 0 amide bonds. The number of rotatable bonds is 5. The Balaban J connectivity index is 1.61. The molecule has 1 heterocycles. The molecule has 3 nitrogen and oxygen atoms in total. The van der Waals surface area contributed by atoms with Crippen LogP contribution in [0.25, 0.3) is 10.2 Å². The van der Waals surface area contributed by atoms with E-state index < -0.39 is 0 Å². The molecule has 0 saturated carbocycles. The van der Waals surface area contributed by atoms with Gasteiger partial charge in [0.15, 0.2) is 0 Å². The minimum Gasteiger partial charge on any atom is -0.497 e. The molecule has 0 bridgehead atoms. The van der Waals surface area contributed by atoms with Gasteiger partial charge in [0.25, 0.3) is 0 Å². The zero-order valence-electron chi connectivity index (χ0n) is 11.3. The van der Waals surface area contributed by atoms with Crippen LogP contribution in [-0.2, 0) is 13.1 Å². The maximum absolute atomic E-state index is 5.22. The first-order valence-electron chi connectivity index (χ1n) is 6.53. The van der Waals surface area contributed by atoms with Gasteiger partial charge in [-0.15, -0.1) is 11.3 Å². The second-order valence-electron chi connectivity index (χ2n) is 4.53. The van der Waals surface area contributed by atoms with E-state index in [9.17, 15) is 0 Å². The lowest BCUT2D eigenvalue weighted by Gasteiger charge is -2.05. The molecule has 0 aliphatic heterocycles. The third-order valence-electron chi connectivity index (χ3n) is 3.08. The van der Waals surface area contributed by atoms with E-state index in [-0.39, 0.29) is 0 Å². The monoisotopic (exact) mass is 284 g/mol. The number of nitrogens with zero attached hydrogens (tertiary/aromatic N) is 1. The summed E-state index contributed by atoms with van der Waals surface area (Å²) in [6.07, 6.45) is 0. The molecular weight excluding hydrogens is 268 g/mol. The molecule has 4 heteroatoms. The van der Waals surface area contributed by atoms with Crippen LogP contribution in [0, 0.1) is 0 Å². The van der Waals surface area contributed by atoms with Crippen molar-refractivity contribution in [1.29, 1.82) is 0 Å². The highest BCUT2D eigenvalue weighted by atomic mass is 32.1. The highest BCUT2D eigenvalue weighted by molar-refractivity contribution is 7.18. The summed E-state index contributed by atoms with van der Waals surface area (Å²) in [4.78, 5) is 4.61. The fourth-order valence-electron chi connectivity index (χ4n) is 2.09. The van der Waals surface area contributed by atoms with Crippen molar-refractivity contribution in [1.82, 2.24) is 10.3 Å². The maximum atomic E-state index is 5.22. The lowest BCUT2D eigenvalue weighted by atomic mass is 10.2. The van der Waals surface area contributed by atoms with Crippen LogP contribution in [0.3, 0.4) is 0 Å². The molecule has 0 fully saturated rings. The van der Waals surface area contributed by atoms with E-state index in [1.807, 2.05) is 30.3 Å². The molecule has 102 valence electrons. The summed E-state index contributed by atoms with van der Waals surface area (Å²) >= 11 is 1.74. The van der Waals surface area contributed by atoms with Crippen molar-refractivity contribution in [2.24, 2.45) is 0 Å². The lowest BCUT2D eigenvalue weighted by Crippen LogP contribution is -2.12. The van der Waals surface area contributed by atoms with Gasteiger partial charge in [-0.25, -0.2) is 4.98 Å². The molecule has 0 unspecified atom stereocenters. The topological polar surface area (TPSA) is 34.1 Å². The minimum absolute atomic E-state index is 0.788. The van der Waals surface area contributed by atoms with E-state index in [0.29, 0.717) is 0 Å². The molecule has 0 aliphatic rings. The molecule has 0 atom stereocenters. The average molecular weight is 284 g/mol. The minimum atomic E-state index is 0.788. The molecule has 0 radical (unpaired) electrons. The van der Waals surface area contributed by atoms with Crippen LogP contribution in [0.15, 0.2) is 48.5 Å². The van der Waals surface area contributed by atoms with Crippen LogP contribution in [0.4, 0.5) is 0 Å². The predicted molar refractivity (Wildman–Crippen MR) is 83.2 cm³/mol. The van der Waals surface area contributed by atoms with E-state index in [4.69, 9.17) is 4.74 Å². The molecule has 3 aromatic rings. The normalized spacial score (nSPS) is 10.8. The standard InChI is InChI=1S/C16H16N2OS/c1-19-13-6-4-5-12(9-13)10-17-11-16-18-14-7-2-3-8-15(14)20-16/h2-9,17H,10-11H2,1H3. The second kappa shape index (κ2) is 6.03. The number of thiazole rings is 1. The molecular formula is C16H16N2OS. The van der Waals surface area contributed by atoms with Crippen LogP contribution in [-0.4, -0.2) is 12.1 Å². The summed E-state index contributed by atoms with van der Waals surface area (Å²) in [7, 11) is 1.69. The number of ether oxygens (including phenoxy) is 1. The van der Waals surface area contributed by atoms with Crippen LogP contribution >= 0.6 is 11.3 Å². The highest BCUT2D eigenvalue weighted by Crippen LogP contribution is 2.21. The molecule has 1 N–H and O–H groups in total. The van der Waals surface area contributed by atoms with Crippen molar-refractivity contribution in [3.05, 3.63) is 59.1 Å². The summed E-state index contributed by atoms with van der Waals surface area (Å²) in [6, 6.07) is 16.3. The maximum Gasteiger partial charge on any atom is 0.119 e. The quantitative estimate of drug-likeness (QED) is 0.777. The van der Waals surface area contributed by atoms with Crippen LogP contribution in [0.2, 0.25) is 0 Å². The average Bonchev–Trinajstić information content (AvgIpc) is 2.90. The van der Waals surface area contributed by atoms with Crippen molar-refractivity contribution >= 4 is 21.6 Å². The van der Waals surface area contributed by atoms with Gasteiger partial charge in [-0.3, -0.25) is 0 Å². The Morgan fingerprint density at radius 3 is 2.85 bits per heavy atom. The van der Waals surface area contributed by atoms with Gasteiger partial charge in [-0.1, -0.05) is 24.3 Å². The first kappa shape index (κ1) is 13.1. The largest absolute Gasteiger partial charge is 0.497 e. The van der Waals surface area contributed by atoms with Gasteiger partial charge >= 0.3 is 0 Å². The first-order chi connectivity index (χ1) is 9.85. The number of hydrogen-bond donors (Lipinski definition) is 1.